The highest BCUT2D eigenvalue weighted by Crippen LogP contribution is 2.29. The molecule has 0 saturated heterocycles. The average Bonchev–Trinajstić information content (AvgIpc) is 2.55. The van der Waals surface area contributed by atoms with Gasteiger partial charge in [-0.25, -0.2) is 9.59 Å². The van der Waals surface area contributed by atoms with E-state index in [9.17, 15) is 9.59 Å². The van der Waals surface area contributed by atoms with Gasteiger partial charge in [0.15, 0.2) is 17.7 Å². The molecule has 8 heteroatoms. The molecular formula is C9H11NO7. The molecule has 0 fully saturated rings. The van der Waals surface area contributed by atoms with E-state index in [1.165, 1.54) is 6.92 Å². The van der Waals surface area contributed by atoms with Gasteiger partial charge in [-0.2, -0.15) is 0 Å². The molecule has 1 heterocycles. The number of hydrogen-bond donors (Lipinski definition) is 3. The Morgan fingerprint density at radius 1 is 1.41 bits per heavy atom. The minimum Gasteiger partial charge on any atom is -0.494 e. The summed E-state index contributed by atoms with van der Waals surface area (Å²) >= 11 is 0. The molecule has 0 saturated carbocycles. The number of aromatic nitrogens is 1. The largest absolute Gasteiger partial charge is 0.514 e. The van der Waals surface area contributed by atoms with Crippen molar-refractivity contribution in [3.8, 4) is 17.5 Å². The quantitative estimate of drug-likeness (QED) is 0.663. The number of H-pyrrole nitrogens is 1. The molecule has 0 radical (unpaired) electrons. The van der Waals surface area contributed by atoms with Crippen LogP contribution in [0.15, 0.2) is 6.07 Å². The van der Waals surface area contributed by atoms with Gasteiger partial charge in [-0.1, -0.05) is 0 Å². The third-order valence-electron chi connectivity index (χ3n) is 1.75. The van der Waals surface area contributed by atoms with E-state index in [4.69, 9.17) is 10.2 Å². The van der Waals surface area contributed by atoms with Crippen LogP contribution < -0.4 is 4.74 Å². The van der Waals surface area contributed by atoms with Gasteiger partial charge in [-0.15, -0.1) is 0 Å². The van der Waals surface area contributed by atoms with Crippen LogP contribution in [-0.2, 0) is 14.3 Å². The van der Waals surface area contributed by atoms with E-state index in [1.54, 1.807) is 0 Å². The Bertz CT molecular complexity index is 425. The molecule has 0 spiro atoms. The van der Waals surface area contributed by atoms with Crippen molar-refractivity contribution in [2.24, 2.45) is 0 Å². The Kier molecular flexibility index (Phi) is 3.81. The van der Waals surface area contributed by atoms with Gasteiger partial charge in [0.05, 0.1) is 7.11 Å². The van der Waals surface area contributed by atoms with Crippen molar-refractivity contribution in [3.63, 3.8) is 0 Å². The lowest BCUT2D eigenvalue weighted by atomic mass is 10.4. The number of aromatic amines is 1. The predicted molar refractivity (Wildman–Crippen MR) is 52.7 cm³/mol. The van der Waals surface area contributed by atoms with Crippen LogP contribution in [0.25, 0.3) is 0 Å². The fraction of sp³-hybridized carbons (Fsp3) is 0.333. The zero-order valence-electron chi connectivity index (χ0n) is 9.09. The van der Waals surface area contributed by atoms with Crippen molar-refractivity contribution in [2.45, 2.75) is 13.0 Å². The van der Waals surface area contributed by atoms with Crippen molar-refractivity contribution < 1.29 is 34.0 Å². The maximum absolute atomic E-state index is 11.1. The third-order valence-corrected chi connectivity index (χ3v) is 1.75. The number of carbonyl (C=O) groups excluding carboxylic acids is 2. The molecule has 94 valence electrons. The van der Waals surface area contributed by atoms with Crippen LogP contribution in [0.2, 0.25) is 0 Å². The Hall–Kier alpha value is -2.38. The molecule has 1 aromatic heterocycles. The maximum Gasteiger partial charge on any atom is 0.514 e. The van der Waals surface area contributed by atoms with Crippen LogP contribution in [0.4, 0.5) is 4.79 Å². The van der Waals surface area contributed by atoms with Crippen molar-refractivity contribution in [2.75, 3.05) is 7.11 Å². The van der Waals surface area contributed by atoms with Gasteiger partial charge in [0.2, 0.25) is 5.88 Å². The molecule has 0 aliphatic carbocycles. The van der Waals surface area contributed by atoms with Gasteiger partial charge < -0.3 is 24.4 Å². The number of esters is 1. The van der Waals surface area contributed by atoms with E-state index in [0.29, 0.717) is 0 Å². The van der Waals surface area contributed by atoms with Gasteiger partial charge in [-0.3, -0.25) is 4.98 Å². The summed E-state index contributed by atoms with van der Waals surface area (Å²) in [5.41, 5.74) is 0. The van der Waals surface area contributed by atoms with Crippen LogP contribution in [-0.4, -0.2) is 40.5 Å². The van der Waals surface area contributed by atoms with E-state index in [2.05, 4.69) is 19.2 Å². The fourth-order valence-corrected chi connectivity index (χ4v) is 0.962. The van der Waals surface area contributed by atoms with E-state index in [0.717, 1.165) is 13.2 Å². The van der Waals surface area contributed by atoms with E-state index < -0.39 is 24.1 Å². The van der Waals surface area contributed by atoms with Crippen molar-refractivity contribution in [1.82, 2.24) is 4.98 Å². The van der Waals surface area contributed by atoms with Gasteiger partial charge in [0, 0.05) is 6.07 Å². The first-order chi connectivity index (χ1) is 7.93. The molecule has 1 atom stereocenters. The molecule has 3 N–H and O–H groups in total. The number of ether oxygens (including phenoxy) is 3. The van der Waals surface area contributed by atoms with Crippen LogP contribution in [0.3, 0.4) is 0 Å². The molecular weight excluding hydrogens is 234 g/mol. The molecule has 0 aromatic carbocycles. The van der Waals surface area contributed by atoms with Crippen molar-refractivity contribution in [1.29, 1.82) is 0 Å². The first-order valence-electron chi connectivity index (χ1n) is 4.51. The second-order valence-electron chi connectivity index (χ2n) is 3.00. The van der Waals surface area contributed by atoms with E-state index >= 15 is 0 Å². The van der Waals surface area contributed by atoms with Gasteiger partial charge >= 0.3 is 12.1 Å². The van der Waals surface area contributed by atoms with Crippen molar-refractivity contribution >= 4 is 12.1 Å². The summed E-state index contributed by atoms with van der Waals surface area (Å²) in [5.74, 6) is -1.98. The van der Waals surface area contributed by atoms with E-state index in [1.807, 2.05) is 0 Å². The van der Waals surface area contributed by atoms with E-state index in [-0.39, 0.29) is 11.6 Å². The van der Waals surface area contributed by atoms with Crippen LogP contribution in [0.5, 0.6) is 17.5 Å². The third kappa shape index (κ3) is 3.30. The number of aromatic hydroxyl groups is 2. The highest BCUT2D eigenvalue weighted by Gasteiger charge is 2.21. The first-order valence-corrected chi connectivity index (χ1v) is 4.51. The average molecular weight is 245 g/mol. The monoisotopic (exact) mass is 245 g/mol. The normalized spacial score (nSPS) is 11.6. The number of rotatable bonds is 3. The Balaban J connectivity index is 2.56. The molecule has 0 aliphatic heterocycles. The molecule has 1 aromatic rings. The van der Waals surface area contributed by atoms with Crippen molar-refractivity contribution in [3.05, 3.63) is 6.07 Å². The second-order valence-corrected chi connectivity index (χ2v) is 3.00. The molecule has 0 unspecified atom stereocenters. The summed E-state index contributed by atoms with van der Waals surface area (Å²) in [7, 11) is 1.14. The number of hydrogen-bond acceptors (Lipinski definition) is 7. The predicted octanol–water partition coefficient (Wildman–Crippen LogP) is 0.503. The minimum atomic E-state index is -1.21. The zero-order chi connectivity index (χ0) is 13.0. The lowest BCUT2D eigenvalue weighted by molar-refractivity contribution is -0.150. The Labute approximate surface area is 95.7 Å². The summed E-state index contributed by atoms with van der Waals surface area (Å²) in [5, 5.41) is 18.1. The van der Waals surface area contributed by atoms with Crippen LogP contribution in [0, 0.1) is 0 Å². The number of nitrogens with one attached hydrogen (secondary N) is 1. The highest BCUT2D eigenvalue weighted by atomic mass is 16.7. The molecule has 17 heavy (non-hydrogen) atoms. The lowest BCUT2D eigenvalue weighted by Gasteiger charge is -2.09. The molecule has 0 aliphatic rings. The summed E-state index contributed by atoms with van der Waals surface area (Å²) in [6.07, 6.45) is -2.35. The standard InChI is InChI=1S/C9H11NO7/c1-4(8(13)15-2)16-9(14)17-5-3-6(11)10-7(5)12/h3-4,10-12H,1-2H3/t4-/m1/s1. The lowest BCUT2D eigenvalue weighted by Crippen LogP contribution is -2.26. The minimum absolute atomic E-state index is 0.315. The summed E-state index contributed by atoms with van der Waals surface area (Å²) < 4.78 is 13.4. The number of carbonyl (C=O) groups is 2. The van der Waals surface area contributed by atoms with Gasteiger partial charge in [0.1, 0.15) is 0 Å². The number of methoxy groups -OCH3 is 1. The van der Waals surface area contributed by atoms with Gasteiger partial charge in [0.25, 0.3) is 0 Å². The molecule has 8 nitrogen and oxygen atoms in total. The smallest absolute Gasteiger partial charge is 0.494 e. The summed E-state index contributed by atoms with van der Waals surface area (Å²) in [4.78, 5) is 24.2. The molecule has 0 bridgehead atoms. The zero-order valence-corrected chi connectivity index (χ0v) is 9.09. The van der Waals surface area contributed by atoms with Crippen LogP contribution >= 0.6 is 0 Å². The molecule has 0 amide bonds. The highest BCUT2D eigenvalue weighted by molar-refractivity contribution is 5.77. The Morgan fingerprint density at radius 2 is 2.06 bits per heavy atom. The maximum atomic E-state index is 11.1. The van der Waals surface area contributed by atoms with Gasteiger partial charge in [-0.05, 0) is 6.92 Å². The summed E-state index contributed by atoms with van der Waals surface area (Å²) in [6, 6.07) is 0.972. The fourth-order valence-electron chi connectivity index (χ4n) is 0.962. The SMILES string of the molecule is COC(=O)[C@@H](C)OC(=O)Oc1cc(O)[nH]c1O. The second kappa shape index (κ2) is 5.10. The summed E-state index contributed by atoms with van der Waals surface area (Å²) in [6.45, 7) is 1.29. The topological polar surface area (TPSA) is 118 Å². The van der Waals surface area contributed by atoms with Crippen LogP contribution in [0.1, 0.15) is 6.92 Å². The molecule has 1 rings (SSSR count). The Morgan fingerprint density at radius 3 is 2.53 bits per heavy atom. The first kappa shape index (κ1) is 12.7.